The Balaban J connectivity index is -0.000000627. The van der Waals surface area contributed by atoms with E-state index in [1.807, 2.05) is 11.0 Å². The minimum absolute atomic E-state index is 0. The maximum absolute atomic E-state index is 12.3. The summed E-state index contributed by atoms with van der Waals surface area (Å²) in [4.78, 5) is 18.6. The van der Waals surface area contributed by atoms with E-state index in [1.165, 1.54) is 16.7 Å². The molecule has 0 bridgehead atoms. The molecule has 0 unspecified atom stereocenters. The van der Waals surface area contributed by atoms with Gasteiger partial charge in [-0.3, -0.25) is 9.79 Å². The van der Waals surface area contributed by atoms with Crippen molar-refractivity contribution >= 4 is 11.6 Å². The van der Waals surface area contributed by atoms with Crippen LogP contribution in [0, 0.1) is 0 Å². The molecule has 7 heteroatoms. The molecule has 1 fully saturated rings. The van der Waals surface area contributed by atoms with Crippen molar-refractivity contribution in [3.05, 3.63) is 46.9 Å². The molecule has 0 heterocycles. The van der Waals surface area contributed by atoms with E-state index in [0.29, 0.717) is 0 Å². The zero-order valence-electron chi connectivity index (χ0n) is 22.8. The van der Waals surface area contributed by atoms with E-state index in [2.05, 4.69) is 59.2 Å². The maximum atomic E-state index is 12.3. The van der Waals surface area contributed by atoms with E-state index in [0.717, 1.165) is 76.4 Å². The smallest absolute Gasteiger partial charge is 0.244 e. The van der Waals surface area contributed by atoms with E-state index < -0.39 is 0 Å². The number of aliphatic imine (C=N–C) groups is 1. The van der Waals surface area contributed by atoms with Crippen molar-refractivity contribution in [2.24, 2.45) is 10.7 Å². The number of rotatable bonds is 10. The number of aliphatic hydroxyl groups excluding tert-OH is 2. The Bertz CT molecular complexity index is 706. The van der Waals surface area contributed by atoms with Crippen molar-refractivity contribution in [1.29, 1.82) is 0 Å². The van der Waals surface area contributed by atoms with Gasteiger partial charge in [0.1, 0.15) is 6.54 Å². The number of carbonyl (C=O) groups excluding carboxylic acids is 1. The van der Waals surface area contributed by atoms with E-state index >= 15 is 0 Å². The third-order valence-corrected chi connectivity index (χ3v) is 5.70. The summed E-state index contributed by atoms with van der Waals surface area (Å²) in [6, 6.07) is 0. The van der Waals surface area contributed by atoms with Gasteiger partial charge in [-0.25, -0.2) is 0 Å². The topological polar surface area (TPSA) is 99.2 Å². The molecule has 1 aliphatic rings. The average Bonchev–Trinajstić information content (AvgIpc) is 3.31. The molecule has 193 valence electrons. The summed E-state index contributed by atoms with van der Waals surface area (Å²) in [7, 11) is 1.00. The molecule has 0 aromatic heterocycles. The number of nitrogens with two attached hydrogens (primary N) is 1. The number of hydrogen-bond donors (Lipinski definition) is 3. The summed E-state index contributed by atoms with van der Waals surface area (Å²) >= 11 is 0. The number of aliphatic hydroxyl groups is 2. The van der Waals surface area contributed by atoms with E-state index in [-0.39, 0.29) is 51.0 Å². The fraction of sp³-hybridized carbons (Fsp3) is 0.630. The number of allylic oxidation sites excluding steroid dienone is 6. The second kappa shape index (κ2) is 23.5. The van der Waals surface area contributed by atoms with Gasteiger partial charge in [0.25, 0.3) is 0 Å². The quantitative estimate of drug-likeness (QED) is 0.180. The predicted octanol–water partition coefficient (Wildman–Crippen LogP) is 5.85. The van der Waals surface area contributed by atoms with Gasteiger partial charge < -0.3 is 20.8 Å². The van der Waals surface area contributed by atoms with E-state index in [9.17, 15) is 9.90 Å². The second-order valence-electron chi connectivity index (χ2n) is 8.05. The van der Waals surface area contributed by atoms with Crippen LogP contribution >= 0.6 is 0 Å². The van der Waals surface area contributed by atoms with Crippen molar-refractivity contribution in [1.82, 2.24) is 4.90 Å². The summed E-state index contributed by atoms with van der Waals surface area (Å²) in [5.74, 6) is -0.0738. The molecule has 0 saturated heterocycles. The van der Waals surface area contributed by atoms with Crippen molar-refractivity contribution in [3.8, 4) is 0 Å². The average molecular weight is 553 g/mol. The van der Waals surface area contributed by atoms with Crippen LogP contribution in [-0.2, 0) is 37.5 Å². The third-order valence-electron chi connectivity index (χ3n) is 5.70. The third kappa shape index (κ3) is 15.6. The zero-order chi connectivity index (χ0) is 25.8. The van der Waals surface area contributed by atoms with Crippen LogP contribution in [0.4, 0.5) is 0 Å². The first-order chi connectivity index (χ1) is 15.7. The van der Waals surface area contributed by atoms with Gasteiger partial charge in [-0.05, 0) is 70.9 Å². The largest absolute Gasteiger partial charge is 0.495 e. The van der Waals surface area contributed by atoms with Gasteiger partial charge in [-0.15, -0.1) is 0 Å². The number of amides is 1. The van der Waals surface area contributed by atoms with Gasteiger partial charge in [0.15, 0.2) is 5.88 Å². The van der Waals surface area contributed by atoms with Gasteiger partial charge in [0.2, 0.25) is 5.91 Å². The van der Waals surface area contributed by atoms with Crippen LogP contribution in [0.15, 0.2) is 51.9 Å². The number of unbranched alkanes of at least 4 members (excludes halogenated alkanes) is 2. The summed E-state index contributed by atoms with van der Waals surface area (Å²) < 4.78 is 0. The molecule has 1 aliphatic carbocycles. The minimum atomic E-state index is -0.146. The Hall–Kier alpha value is -1.24. The monoisotopic (exact) mass is 552 g/mol. The molecule has 1 amide bonds. The SMILES string of the molecule is C=C/C(C)=C(C)\C(C)=C/C.CCCCCN(CCC)C(=O)CN=C1CCC/C1=C(/N)O.CO.[Y]. The van der Waals surface area contributed by atoms with Crippen molar-refractivity contribution in [2.45, 2.75) is 86.5 Å². The summed E-state index contributed by atoms with van der Waals surface area (Å²) in [6.45, 7) is 18.1. The zero-order valence-corrected chi connectivity index (χ0v) is 25.6. The Labute approximate surface area is 234 Å². The number of carbonyl (C=O) groups is 1. The van der Waals surface area contributed by atoms with E-state index in [1.54, 1.807) is 0 Å². The molecular formula is C27H49N3O3Y. The van der Waals surface area contributed by atoms with Gasteiger partial charge in [-0.2, -0.15) is 0 Å². The molecule has 34 heavy (non-hydrogen) atoms. The van der Waals surface area contributed by atoms with Crippen LogP contribution in [-0.4, -0.2) is 53.5 Å². The molecule has 0 atom stereocenters. The minimum Gasteiger partial charge on any atom is -0.495 e. The summed E-state index contributed by atoms with van der Waals surface area (Å²) in [5.41, 5.74) is 10.9. The van der Waals surface area contributed by atoms with Gasteiger partial charge in [-0.1, -0.05) is 51.0 Å². The Morgan fingerprint density at radius 2 is 1.74 bits per heavy atom. The molecule has 0 spiro atoms. The predicted molar refractivity (Wildman–Crippen MR) is 143 cm³/mol. The first-order valence-electron chi connectivity index (χ1n) is 12.1. The fourth-order valence-corrected chi connectivity index (χ4v) is 3.31. The van der Waals surface area contributed by atoms with Crippen LogP contribution < -0.4 is 5.73 Å². The van der Waals surface area contributed by atoms with Crippen molar-refractivity contribution < 1.29 is 47.7 Å². The first kappa shape index (κ1) is 37.3. The van der Waals surface area contributed by atoms with E-state index in [4.69, 9.17) is 10.8 Å². The fourth-order valence-electron chi connectivity index (χ4n) is 3.31. The first-order valence-corrected chi connectivity index (χ1v) is 12.1. The Kier molecular flexibility index (Phi) is 25.8. The summed E-state index contributed by atoms with van der Waals surface area (Å²) in [6.07, 6.45) is 10.8. The molecule has 1 rings (SSSR count). The van der Waals surface area contributed by atoms with Crippen LogP contribution in [0.2, 0.25) is 0 Å². The van der Waals surface area contributed by atoms with Gasteiger partial charge in [0.05, 0.1) is 0 Å². The molecular weight excluding hydrogens is 503 g/mol. The van der Waals surface area contributed by atoms with Gasteiger partial charge >= 0.3 is 0 Å². The van der Waals surface area contributed by atoms with Crippen LogP contribution in [0.25, 0.3) is 0 Å². The molecule has 0 aromatic rings. The number of hydrogen-bond acceptors (Lipinski definition) is 5. The summed E-state index contributed by atoms with van der Waals surface area (Å²) in [5, 5.41) is 16.4. The maximum Gasteiger partial charge on any atom is 0.244 e. The molecule has 6 nitrogen and oxygen atoms in total. The molecule has 0 aliphatic heterocycles. The normalized spacial score (nSPS) is 16.2. The molecule has 1 saturated carbocycles. The van der Waals surface area contributed by atoms with Crippen LogP contribution in [0.1, 0.15) is 86.5 Å². The van der Waals surface area contributed by atoms with Gasteiger partial charge in [0, 0.05) is 64.2 Å². The standard InChI is InChI=1S/C16H29N3O2.C10H16.CH4O.Y/c1-3-5-6-11-19(10-4-2)15(20)12-18-14-9-7-8-13(14)16(17)21;1-6-8(3)10(5)9(4)7-2;1-2;/h21H,3-12,17H2,1-2H3;6-7H,1H2,2-5H3;2H,1H3;/b16-13+,18-14?;9-7-,10-8-;;. The molecule has 1 radical (unpaired) electrons. The molecule has 4 N–H and O–H groups in total. The van der Waals surface area contributed by atoms with Crippen molar-refractivity contribution in [3.63, 3.8) is 0 Å². The second-order valence-corrected chi connectivity index (χ2v) is 8.05. The van der Waals surface area contributed by atoms with Crippen molar-refractivity contribution in [2.75, 3.05) is 26.7 Å². The van der Waals surface area contributed by atoms with Crippen LogP contribution in [0.5, 0.6) is 0 Å². The number of nitrogens with zero attached hydrogens (tertiary/aromatic N) is 2. The Morgan fingerprint density at radius 1 is 1.12 bits per heavy atom. The molecule has 0 aromatic carbocycles. The Morgan fingerprint density at radius 3 is 2.21 bits per heavy atom. The van der Waals surface area contributed by atoms with Crippen LogP contribution in [0.3, 0.4) is 0 Å².